The van der Waals surface area contributed by atoms with Crippen molar-refractivity contribution in [2.24, 2.45) is 0 Å². The number of hydrogen-bond donors (Lipinski definition) is 1. The molecule has 0 aliphatic carbocycles. The van der Waals surface area contributed by atoms with E-state index in [1.807, 2.05) is 60.7 Å². The number of amides is 2. The Kier molecular flexibility index (Phi) is 9.46. The van der Waals surface area contributed by atoms with Crippen LogP contribution < -0.4 is 10.1 Å². The normalized spacial score (nSPS) is 14.3. The van der Waals surface area contributed by atoms with Crippen LogP contribution in [0, 0.1) is 5.82 Å². The first-order valence-corrected chi connectivity index (χ1v) is 13.3. The van der Waals surface area contributed by atoms with Crippen LogP contribution in [0.5, 0.6) is 5.75 Å². The third kappa shape index (κ3) is 8.00. The number of carbonyl (C=O) groups excluding carboxylic acids is 2. The summed E-state index contributed by atoms with van der Waals surface area (Å²) in [5.41, 5.74) is 2.53. The molecule has 0 unspecified atom stereocenters. The molecule has 0 saturated carbocycles. The number of carbonyl (C=O) groups is 2. The van der Waals surface area contributed by atoms with Crippen molar-refractivity contribution < 1.29 is 18.7 Å². The zero-order valence-electron chi connectivity index (χ0n) is 20.2. The molecular weight excluding hydrogens is 507 g/mol. The number of rotatable bonds is 11. The standard InChI is InChI=1S/C29H27FN2O3S2/c30-23-13-15-24(16-14-23)31-27(33)12-5-2-6-17-32-28(34)26(37-29(32)36)19-22-10-7-11-25(18-22)35-20-21-8-3-1-4-9-21/h1,3-4,7-11,13-16,18-19H,2,5-6,12,17,20H2,(H,31,33)/b26-19-. The molecule has 2 amide bonds. The Morgan fingerprint density at radius 1 is 1.00 bits per heavy atom. The molecule has 1 fully saturated rings. The average Bonchev–Trinajstić information content (AvgIpc) is 3.16. The summed E-state index contributed by atoms with van der Waals surface area (Å²) in [7, 11) is 0. The molecule has 1 N–H and O–H groups in total. The highest BCUT2D eigenvalue weighted by Gasteiger charge is 2.31. The fourth-order valence-corrected chi connectivity index (χ4v) is 5.08. The largest absolute Gasteiger partial charge is 0.489 e. The fourth-order valence-electron chi connectivity index (χ4n) is 3.77. The molecular formula is C29H27FN2O3S2. The number of ether oxygens (including phenoxy) is 1. The molecule has 8 heteroatoms. The van der Waals surface area contributed by atoms with Crippen LogP contribution in [0.4, 0.5) is 10.1 Å². The highest BCUT2D eigenvalue weighted by Crippen LogP contribution is 2.33. The van der Waals surface area contributed by atoms with Gasteiger partial charge in [-0.05, 0) is 66.4 Å². The zero-order chi connectivity index (χ0) is 26.0. The van der Waals surface area contributed by atoms with Crippen LogP contribution in [0.25, 0.3) is 6.08 Å². The smallest absolute Gasteiger partial charge is 0.266 e. The van der Waals surface area contributed by atoms with E-state index in [-0.39, 0.29) is 17.6 Å². The molecule has 190 valence electrons. The summed E-state index contributed by atoms with van der Waals surface area (Å²) in [5, 5.41) is 2.75. The first-order valence-electron chi connectivity index (χ1n) is 12.1. The van der Waals surface area contributed by atoms with Gasteiger partial charge in [-0.25, -0.2) is 4.39 Å². The third-order valence-corrected chi connectivity index (χ3v) is 7.07. The quantitative estimate of drug-likeness (QED) is 0.166. The molecule has 0 bridgehead atoms. The maximum absolute atomic E-state index is 13.0. The Morgan fingerprint density at radius 3 is 2.57 bits per heavy atom. The topological polar surface area (TPSA) is 58.6 Å². The lowest BCUT2D eigenvalue weighted by atomic mass is 10.1. The van der Waals surface area contributed by atoms with Crippen molar-refractivity contribution in [3.05, 3.63) is 101 Å². The predicted octanol–water partition coefficient (Wildman–Crippen LogP) is 6.81. The van der Waals surface area contributed by atoms with Gasteiger partial charge in [-0.2, -0.15) is 0 Å². The molecule has 0 spiro atoms. The molecule has 3 aromatic carbocycles. The van der Waals surface area contributed by atoms with Crippen molar-refractivity contribution >= 4 is 51.9 Å². The summed E-state index contributed by atoms with van der Waals surface area (Å²) in [6, 6.07) is 23.3. The van der Waals surface area contributed by atoms with Gasteiger partial charge < -0.3 is 10.1 Å². The maximum Gasteiger partial charge on any atom is 0.266 e. The number of nitrogens with one attached hydrogen (secondary N) is 1. The molecule has 1 aliphatic heterocycles. The van der Waals surface area contributed by atoms with Crippen LogP contribution in [-0.4, -0.2) is 27.6 Å². The molecule has 1 saturated heterocycles. The van der Waals surface area contributed by atoms with Gasteiger partial charge in [0.2, 0.25) is 5.91 Å². The number of thioether (sulfide) groups is 1. The van der Waals surface area contributed by atoms with Crippen LogP contribution >= 0.6 is 24.0 Å². The second-order valence-corrected chi connectivity index (χ2v) is 10.2. The van der Waals surface area contributed by atoms with Crippen LogP contribution in [0.3, 0.4) is 0 Å². The summed E-state index contributed by atoms with van der Waals surface area (Å²) in [5.74, 6) is 0.177. The molecule has 5 nitrogen and oxygen atoms in total. The van der Waals surface area contributed by atoms with Crippen molar-refractivity contribution in [3.63, 3.8) is 0 Å². The molecule has 0 aromatic heterocycles. The highest BCUT2D eigenvalue weighted by molar-refractivity contribution is 8.26. The lowest BCUT2D eigenvalue weighted by Gasteiger charge is -2.14. The number of halogens is 1. The summed E-state index contributed by atoms with van der Waals surface area (Å²) in [4.78, 5) is 27.2. The van der Waals surface area contributed by atoms with Crippen molar-refractivity contribution in [1.29, 1.82) is 0 Å². The minimum atomic E-state index is -0.343. The van der Waals surface area contributed by atoms with Gasteiger partial charge in [0.15, 0.2) is 0 Å². The Labute approximate surface area is 225 Å². The Morgan fingerprint density at radius 2 is 1.78 bits per heavy atom. The number of hydrogen-bond acceptors (Lipinski definition) is 5. The molecule has 1 heterocycles. The molecule has 0 radical (unpaired) electrons. The van der Waals surface area contributed by atoms with Gasteiger partial charge >= 0.3 is 0 Å². The number of benzene rings is 3. The summed E-state index contributed by atoms with van der Waals surface area (Å²) in [6.45, 7) is 0.988. The molecule has 1 aliphatic rings. The predicted molar refractivity (Wildman–Crippen MR) is 151 cm³/mol. The van der Waals surface area contributed by atoms with Crippen LogP contribution in [0.15, 0.2) is 83.8 Å². The maximum atomic E-state index is 13.0. The minimum Gasteiger partial charge on any atom is -0.489 e. The minimum absolute atomic E-state index is 0.0975. The van der Waals surface area contributed by atoms with Gasteiger partial charge in [0.05, 0.1) is 4.91 Å². The van der Waals surface area contributed by atoms with E-state index in [0.717, 1.165) is 29.7 Å². The van der Waals surface area contributed by atoms with E-state index in [4.69, 9.17) is 17.0 Å². The van der Waals surface area contributed by atoms with Gasteiger partial charge in [-0.1, -0.05) is 72.9 Å². The average molecular weight is 535 g/mol. The second-order valence-electron chi connectivity index (χ2n) is 8.55. The summed E-state index contributed by atoms with van der Waals surface area (Å²) >= 11 is 6.75. The van der Waals surface area contributed by atoms with E-state index in [1.54, 1.807) is 4.90 Å². The Bertz CT molecular complexity index is 1280. The van der Waals surface area contributed by atoms with Crippen LogP contribution in [-0.2, 0) is 16.2 Å². The third-order valence-electron chi connectivity index (χ3n) is 5.69. The molecule has 4 rings (SSSR count). The highest BCUT2D eigenvalue weighted by atomic mass is 32.2. The molecule has 37 heavy (non-hydrogen) atoms. The molecule has 0 atom stereocenters. The Hall–Kier alpha value is -3.49. The number of thiocarbonyl (C=S) groups is 1. The number of nitrogens with zero attached hydrogens (tertiary/aromatic N) is 1. The lowest BCUT2D eigenvalue weighted by molar-refractivity contribution is -0.122. The monoisotopic (exact) mass is 534 g/mol. The number of anilines is 1. The van der Waals surface area contributed by atoms with Crippen molar-refractivity contribution in [3.8, 4) is 5.75 Å². The van der Waals surface area contributed by atoms with Crippen molar-refractivity contribution in [2.75, 3.05) is 11.9 Å². The number of unbranched alkanes of at least 4 members (excludes halogenated alkanes) is 2. The first-order chi connectivity index (χ1) is 18.0. The van der Waals surface area contributed by atoms with Crippen molar-refractivity contribution in [1.82, 2.24) is 4.90 Å². The van der Waals surface area contributed by atoms with Gasteiger partial charge in [-0.3, -0.25) is 14.5 Å². The second kappa shape index (κ2) is 13.2. The van der Waals surface area contributed by atoms with Crippen LogP contribution in [0.2, 0.25) is 0 Å². The zero-order valence-corrected chi connectivity index (χ0v) is 21.8. The fraction of sp³-hybridized carbons (Fsp3) is 0.207. The first kappa shape index (κ1) is 26.6. The van der Waals surface area contributed by atoms with E-state index in [0.29, 0.717) is 40.9 Å². The van der Waals surface area contributed by atoms with Gasteiger partial charge in [0.25, 0.3) is 5.91 Å². The summed E-state index contributed by atoms with van der Waals surface area (Å²) < 4.78 is 19.4. The van der Waals surface area contributed by atoms with Crippen LogP contribution in [0.1, 0.15) is 36.8 Å². The Balaban J connectivity index is 1.22. The SMILES string of the molecule is O=C(CCCCCN1C(=O)/C(=C/c2cccc(OCc3ccccc3)c2)SC1=S)Nc1ccc(F)cc1. The molecule has 3 aromatic rings. The van der Waals surface area contributed by atoms with Gasteiger partial charge in [-0.15, -0.1) is 0 Å². The lowest BCUT2D eigenvalue weighted by Crippen LogP contribution is -2.29. The van der Waals surface area contributed by atoms with E-state index in [1.165, 1.54) is 36.0 Å². The van der Waals surface area contributed by atoms with Gasteiger partial charge in [0.1, 0.15) is 22.5 Å². The summed E-state index contributed by atoms with van der Waals surface area (Å²) in [6.07, 6.45) is 4.42. The van der Waals surface area contributed by atoms with E-state index in [9.17, 15) is 14.0 Å². The van der Waals surface area contributed by atoms with E-state index in [2.05, 4.69) is 5.32 Å². The van der Waals surface area contributed by atoms with E-state index >= 15 is 0 Å². The van der Waals surface area contributed by atoms with Crippen molar-refractivity contribution in [2.45, 2.75) is 32.3 Å². The van der Waals surface area contributed by atoms with E-state index < -0.39 is 0 Å². The van der Waals surface area contributed by atoms with Gasteiger partial charge in [0, 0.05) is 18.7 Å².